The van der Waals surface area contributed by atoms with Gasteiger partial charge in [-0.05, 0) is 43.2 Å². The van der Waals surface area contributed by atoms with E-state index in [4.69, 9.17) is 18.9 Å². The molecule has 2 fully saturated rings. The fourth-order valence-electron chi connectivity index (χ4n) is 5.88. The van der Waals surface area contributed by atoms with Gasteiger partial charge in [0.25, 0.3) is 5.91 Å². The Morgan fingerprint density at radius 1 is 1.07 bits per heavy atom. The zero-order chi connectivity index (χ0) is 32.2. The van der Waals surface area contributed by atoms with E-state index >= 15 is 0 Å². The highest BCUT2D eigenvalue weighted by Crippen LogP contribution is 2.31. The van der Waals surface area contributed by atoms with Crippen LogP contribution in [0.25, 0.3) is 0 Å². The Morgan fingerprint density at radius 2 is 1.76 bits per heavy atom. The van der Waals surface area contributed by atoms with Gasteiger partial charge >= 0.3 is 0 Å². The monoisotopic (exact) mass is 644 g/mol. The second kappa shape index (κ2) is 17.5. The first-order valence-electron chi connectivity index (χ1n) is 16.4. The molecular formula is C34H52N4O6S. The molecule has 3 heterocycles. The van der Waals surface area contributed by atoms with E-state index in [0.29, 0.717) is 50.9 Å². The van der Waals surface area contributed by atoms with Crippen LogP contribution in [-0.2, 0) is 36.6 Å². The number of rotatable bonds is 16. The summed E-state index contributed by atoms with van der Waals surface area (Å²) in [6.45, 7) is 12.0. The van der Waals surface area contributed by atoms with E-state index in [9.17, 15) is 9.59 Å². The number of hydrogen-bond acceptors (Lipinski definition) is 9. The van der Waals surface area contributed by atoms with Crippen molar-refractivity contribution in [2.45, 2.75) is 83.2 Å². The highest BCUT2D eigenvalue weighted by Gasteiger charge is 2.41. The van der Waals surface area contributed by atoms with Crippen molar-refractivity contribution in [3.05, 3.63) is 51.5 Å². The lowest BCUT2D eigenvalue weighted by Crippen LogP contribution is -2.58. The van der Waals surface area contributed by atoms with Crippen molar-refractivity contribution >= 4 is 23.2 Å². The normalized spacial score (nSPS) is 17.7. The minimum atomic E-state index is -0.445. The summed E-state index contributed by atoms with van der Waals surface area (Å²) in [5.74, 6) is 0.299. The van der Waals surface area contributed by atoms with Gasteiger partial charge in [0, 0.05) is 51.7 Å². The number of benzene rings is 1. The topological polar surface area (TPSA) is 102 Å². The van der Waals surface area contributed by atoms with E-state index in [0.717, 1.165) is 56.7 Å². The number of ether oxygens (including phenoxy) is 4. The molecule has 2 aromatic rings. The number of methoxy groups -OCH3 is 2. The maximum Gasteiger partial charge on any atom is 0.273 e. The molecule has 0 saturated carbocycles. The van der Waals surface area contributed by atoms with Crippen LogP contribution in [0.5, 0.6) is 0 Å². The minimum Gasteiger partial charge on any atom is -0.377 e. The third-order valence-corrected chi connectivity index (χ3v) is 10.0. The molecule has 1 unspecified atom stereocenters. The summed E-state index contributed by atoms with van der Waals surface area (Å²) >= 11 is 1.57. The van der Waals surface area contributed by atoms with Crippen LogP contribution >= 0.6 is 11.3 Å². The largest absolute Gasteiger partial charge is 0.377 e. The minimum absolute atomic E-state index is 0.0329. The van der Waals surface area contributed by atoms with Gasteiger partial charge in [-0.1, -0.05) is 45.0 Å². The van der Waals surface area contributed by atoms with Crippen molar-refractivity contribution in [1.29, 1.82) is 0 Å². The molecule has 2 amide bonds. The van der Waals surface area contributed by atoms with Crippen molar-refractivity contribution in [1.82, 2.24) is 20.1 Å². The lowest BCUT2D eigenvalue weighted by atomic mass is 9.89. The van der Waals surface area contributed by atoms with Crippen LogP contribution in [0, 0.1) is 0 Å². The molecule has 250 valence electrons. The molecular weight excluding hydrogens is 592 g/mol. The second-order valence-electron chi connectivity index (χ2n) is 12.5. The predicted molar refractivity (Wildman–Crippen MR) is 176 cm³/mol. The molecule has 2 aliphatic heterocycles. The predicted octanol–water partition coefficient (Wildman–Crippen LogP) is 4.28. The average Bonchev–Trinajstić information content (AvgIpc) is 3.56. The number of morpholine rings is 1. The zero-order valence-corrected chi connectivity index (χ0v) is 28.5. The first kappa shape index (κ1) is 35.4. The van der Waals surface area contributed by atoms with Gasteiger partial charge in [-0.3, -0.25) is 9.59 Å². The first-order chi connectivity index (χ1) is 21.7. The number of aromatic nitrogens is 1. The molecule has 10 nitrogen and oxygen atoms in total. The van der Waals surface area contributed by atoms with E-state index < -0.39 is 6.29 Å². The van der Waals surface area contributed by atoms with Gasteiger partial charge in [0.05, 0.1) is 49.4 Å². The van der Waals surface area contributed by atoms with Crippen LogP contribution in [0.2, 0.25) is 0 Å². The van der Waals surface area contributed by atoms with Crippen molar-refractivity contribution in [2.75, 3.05) is 66.7 Å². The summed E-state index contributed by atoms with van der Waals surface area (Å²) in [7, 11) is 3.10. The Kier molecular flexibility index (Phi) is 13.8. The molecule has 0 bridgehead atoms. The van der Waals surface area contributed by atoms with Crippen LogP contribution in [0.4, 0.5) is 0 Å². The van der Waals surface area contributed by atoms with E-state index in [1.54, 1.807) is 25.6 Å². The molecule has 1 spiro atoms. The quantitative estimate of drug-likeness (QED) is 0.271. The first-order valence-corrected chi connectivity index (χ1v) is 17.2. The number of nitrogens with one attached hydrogen (secondary N) is 1. The van der Waals surface area contributed by atoms with Gasteiger partial charge in [-0.25, -0.2) is 4.98 Å². The van der Waals surface area contributed by atoms with Crippen LogP contribution < -0.4 is 5.32 Å². The summed E-state index contributed by atoms with van der Waals surface area (Å²) in [6.07, 6.45) is 4.21. The van der Waals surface area contributed by atoms with E-state index in [1.807, 2.05) is 17.2 Å². The van der Waals surface area contributed by atoms with Crippen LogP contribution in [0.15, 0.2) is 29.6 Å². The van der Waals surface area contributed by atoms with Crippen molar-refractivity contribution < 1.29 is 28.5 Å². The molecule has 2 saturated heterocycles. The lowest BCUT2D eigenvalue weighted by molar-refractivity contribution is -0.130. The molecule has 45 heavy (non-hydrogen) atoms. The van der Waals surface area contributed by atoms with Gasteiger partial charge in [-0.2, -0.15) is 0 Å². The summed E-state index contributed by atoms with van der Waals surface area (Å²) in [4.78, 5) is 34.5. The Bertz CT molecular complexity index is 1190. The smallest absolute Gasteiger partial charge is 0.273 e. The van der Waals surface area contributed by atoms with E-state index in [2.05, 4.69) is 53.3 Å². The fourth-order valence-corrected chi connectivity index (χ4v) is 6.69. The molecule has 4 rings (SSSR count). The molecule has 1 aromatic heterocycles. The van der Waals surface area contributed by atoms with Crippen molar-refractivity contribution in [3.63, 3.8) is 0 Å². The zero-order valence-electron chi connectivity index (χ0n) is 27.7. The SMILES string of the molecule is CCC(CC(=O)NCC(OC)OC)OCCc1ccc(CCN2CCC3(CC2)CN(C(=O)c2csc(C(C)C)n2)CCO3)cc1. The number of hydrogen-bond donors (Lipinski definition) is 1. The van der Waals surface area contributed by atoms with Crippen molar-refractivity contribution in [3.8, 4) is 0 Å². The van der Waals surface area contributed by atoms with Gasteiger partial charge in [0.15, 0.2) is 6.29 Å². The summed E-state index contributed by atoms with van der Waals surface area (Å²) in [5, 5.41) is 5.75. The summed E-state index contributed by atoms with van der Waals surface area (Å²) in [6, 6.07) is 8.79. The Labute approximate surface area is 272 Å². The summed E-state index contributed by atoms with van der Waals surface area (Å²) < 4.78 is 22.6. The van der Waals surface area contributed by atoms with Gasteiger partial charge < -0.3 is 34.1 Å². The molecule has 2 aliphatic rings. The third kappa shape index (κ3) is 10.6. The molecule has 1 atom stereocenters. The average molecular weight is 645 g/mol. The van der Waals surface area contributed by atoms with Gasteiger partial charge in [0.2, 0.25) is 5.91 Å². The number of amides is 2. The molecule has 0 aliphatic carbocycles. The Morgan fingerprint density at radius 3 is 2.38 bits per heavy atom. The summed E-state index contributed by atoms with van der Waals surface area (Å²) in [5.41, 5.74) is 2.88. The fraction of sp³-hybridized carbons (Fsp3) is 0.676. The Hall–Kier alpha value is -2.41. The molecule has 1 aromatic carbocycles. The van der Waals surface area contributed by atoms with E-state index in [1.165, 1.54) is 11.1 Å². The number of thiazole rings is 1. The van der Waals surface area contributed by atoms with Crippen LogP contribution in [-0.4, -0.2) is 111 Å². The highest BCUT2D eigenvalue weighted by molar-refractivity contribution is 7.09. The van der Waals surface area contributed by atoms with Gasteiger partial charge in [-0.15, -0.1) is 11.3 Å². The maximum absolute atomic E-state index is 13.2. The third-order valence-electron chi connectivity index (χ3n) is 8.88. The van der Waals surface area contributed by atoms with Crippen LogP contribution in [0.1, 0.15) is 79.0 Å². The van der Waals surface area contributed by atoms with Crippen LogP contribution in [0.3, 0.4) is 0 Å². The highest BCUT2D eigenvalue weighted by atomic mass is 32.1. The van der Waals surface area contributed by atoms with E-state index in [-0.39, 0.29) is 23.5 Å². The van der Waals surface area contributed by atoms with Gasteiger partial charge in [0.1, 0.15) is 5.69 Å². The second-order valence-corrected chi connectivity index (χ2v) is 13.3. The number of carbonyl (C=O) groups excluding carboxylic acids is 2. The standard InChI is InChI=1S/C34H52N4O6S/c1-6-28(21-30(39)35-22-31(41-4)42-5)43-19-12-27-9-7-26(8-10-27)11-15-37-16-13-34(14-17-37)24-38(18-20-44-34)33(40)29-23-45-32(36-29)25(2)3/h7-10,23,25,28,31H,6,11-22,24H2,1-5H3,(H,35,39). The molecule has 1 N–H and O–H groups in total. The Balaban J connectivity index is 1.14. The number of nitrogens with zero attached hydrogens (tertiary/aromatic N) is 3. The molecule has 0 radical (unpaired) electrons. The number of likely N-dealkylation sites (tertiary alicyclic amines) is 1. The molecule has 11 heteroatoms. The van der Waals surface area contributed by atoms with Crippen molar-refractivity contribution in [2.24, 2.45) is 0 Å². The number of carbonyl (C=O) groups is 2. The maximum atomic E-state index is 13.2. The number of piperidine rings is 1. The lowest BCUT2D eigenvalue weighted by Gasteiger charge is -2.47.